The van der Waals surface area contributed by atoms with Gasteiger partial charge in [0.1, 0.15) is 0 Å². The van der Waals surface area contributed by atoms with E-state index >= 15 is 0 Å². The zero-order valence-corrected chi connectivity index (χ0v) is 13.7. The topological polar surface area (TPSA) is 33.2 Å². The summed E-state index contributed by atoms with van der Waals surface area (Å²) in [7, 11) is 0. The van der Waals surface area contributed by atoms with Crippen molar-refractivity contribution in [2.75, 3.05) is 13.1 Å². The molecule has 1 saturated heterocycles. The highest BCUT2D eigenvalue weighted by Crippen LogP contribution is 2.22. The number of carbonyl (C=O) groups is 1. The number of thiazole rings is 1. The van der Waals surface area contributed by atoms with Gasteiger partial charge in [-0.2, -0.15) is 0 Å². The fraction of sp³-hybridized carbons (Fsp3) is 0.733. The van der Waals surface area contributed by atoms with Crippen LogP contribution in [0.1, 0.15) is 49.7 Å². The van der Waals surface area contributed by atoms with Crippen molar-refractivity contribution in [3.05, 3.63) is 16.1 Å². The first-order chi connectivity index (χ1) is 9.72. The highest BCUT2D eigenvalue weighted by Gasteiger charge is 2.27. The van der Waals surface area contributed by atoms with Gasteiger partial charge in [-0.15, -0.1) is 22.9 Å². The van der Waals surface area contributed by atoms with Crippen LogP contribution in [0, 0.1) is 5.92 Å². The van der Waals surface area contributed by atoms with Crippen LogP contribution < -0.4 is 0 Å². The molecule has 1 aliphatic rings. The third-order valence-corrected chi connectivity index (χ3v) is 5.03. The summed E-state index contributed by atoms with van der Waals surface area (Å²) in [5.74, 6) is 1.44. The lowest BCUT2D eigenvalue weighted by Gasteiger charge is -2.16. The van der Waals surface area contributed by atoms with Gasteiger partial charge >= 0.3 is 0 Å². The Balaban J connectivity index is 1.64. The average molecular weight is 315 g/mol. The molecule has 0 spiro atoms. The van der Waals surface area contributed by atoms with Crippen molar-refractivity contribution in [3.8, 4) is 0 Å². The molecule has 112 valence electrons. The second-order valence-electron chi connectivity index (χ2n) is 5.52. The molecule has 0 aromatic carbocycles. The number of alkyl halides is 1. The number of hydrogen-bond acceptors (Lipinski definition) is 3. The van der Waals surface area contributed by atoms with E-state index in [-0.39, 0.29) is 0 Å². The Bertz CT molecular complexity index is 435. The van der Waals surface area contributed by atoms with E-state index in [4.69, 9.17) is 11.6 Å². The van der Waals surface area contributed by atoms with Gasteiger partial charge in [0.2, 0.25) is 5.91 Å². The van der Waals surface area contributed by atoms with Crippen LogP contribution in [-0.2, 0) is 17.1 Å². The number of rotatable bonds is 8. The quantitative estimate of drug-likeness (QED) is 0.539. The van der Waals surface area contributed by atoms with E-state index in [0.717, 1.165) is 49.5 Å². The number of carbonyl (C=O) groups excluding carboxylic acids is 1. The molecule has 20 heavy (non-hydrogen) atoms. The van der Waals surface area contributed by atoms with Crippen LogP contribution >= 0.6 is 22.9 Å². The molecule has 1 atom stereocenters. The summed E-state index contributed by atoms with van der Waals surface area (Å²) in [4.78, 5) is 18.4. The Hall–Kier alpha value is -0.610. The summed E-state index contributed by atoms with van der Waals surface area (Å²) in [6.45, 7) is 4.07. The molecule has 1 fully saturated rings. The van der Waals surface area contributed by atoms with Crippen LogP contribution in [0.25, 0.3) is 0 Å². The maximum Gasteiger partial charge on any atom is 0.222 e. The van der Waals surface area contributed by atoms with E-state index < -0.39 is 0 Å². The Morgan fingerprint density at radius 1 is 1.50 bits per heavy atom. The van der Waals surface area contributed by atoms with Crippen molar-refractivity contribution in [2.24, 2.45) is 5.92 Å². The fourth-order valence-corrected chi connectivity index (χ4v) is 3.84. The van der Waals surface area contributed by atoms with Gasteiger partial charge in [-0.1, -0.05) is 13.3 Å². The number of aromatic nitrogens is 1. The maximum atomic E-state index is 11.9. The predicted octanol–water partition coefficient (Wildman–Crippen LogP) is 3.85. The first kappa shape index (κ1) is 15.8. The van der Waals surface area contributed by atoms with Gasteiger partial charge in [-0.25, -0.2) is 4.98 Å². The summed E-state index contributed by atoms with van der Waals surface area (Å²) in [5.41, 5.74) is 0.976. The summed E-state index contributed by atoms with van der Waals surface area (Å²) >= 11 is 7.43. The second-order valence-corrected chi connectivity index (χ2v) is 6.73. The van der Waals surface area contributed by atoms with E-state index in [0.29, 0.717) is 17.7 Å². The van der Waals surface area contributed by atoms with Crippen molar-refractivity contribution >= 4 is 28.8 Å². The number of likely N-dealkylation sites (tertiary alicyclic amines) is 1. The van der Waals surface area contributed by atoms with Gasteiger partial charge in [0.25, 0.3) is 0 Å². The van der Waals surface area contributed by atoms with Crippen molar-refractivity contribution in [1.82, 2.24) is 9.88 Å². The first-order valence-corrected chi connectivity index (χ1v) is 8.91. The molecule has 0 N–H and O–H groups in total. The van der Waals surface area contributed by atoms with Crippen LogP contribution in [-0.4, -0.2) is 28.9 Å². The van der Waals surface area contributed by atoms with Crippen LogP contribution in [0.2, 0.25) is 0 Å². The van der Waals surface area contributed by atoms with E-state index in [9.17, 15) is 4.79 Å². The van der Waals surface area contributed by atoms with Crippen molar-refractivity contribution in [3.63, 3.8) is 0 Å². The summed E-state index contributed by atoms with van der Waals surface area (Å²) < 4.78 is 0. The third kappa shape index (κ3) is 4.45. The Morgan fingerprint density at radius 3 is 3.05 bits per heavy atom. The SMILES string of the molecule is CCCC1CC(=O)N(CCCCc2nc(CCl)cs2)C1. The smallest absolute Gasteiger partial charge is 0.222 e. The van der Waals surface area contributed by atoms with Gasteiger partial charge in [-0.05, 0) is 31.6 Å². The van der Waals surface area contributed by atoms with E-state index in [1.807, 2.05) is 10.3 Å². The molecule has 0 aliphatic carbocycles. The molecule has 2 heterocycles. The molecule has 3 nitrogen and oxygen atoms in total. The largest absolute Gasteiger partial charge is 0.342 e. The number of hydrogen-bond donors (Lipinski definition) is 0. The zero-order valence-electron chi connectivity index (χ0n) is 12.1. The van der Waals surface area contributed by atoms with Gasteiger partial charge in [0.15, 0.2) is 0 Å². The lowest BCUT2D eigenvalue weighted by molar-refractivity contribution is -0.127. The van der Waals surface area contributed by atoms with Crippen LogP contribution in [0.15, 0.2) is 5.38 Å². The van der Waals surface area contributed by atoms with Gasteiger partial charge in [-0.3, -0.25) is 4.79 Å². The minimum atomic E-state index is 0.349. The highest BCUT2D eigenvalue weighted by molar-refractivity contribution is 7.09. The van der Waals surface area contributed by atoms with Crippen LogP contribution in [0.4, 0.5) is 0 Å². The number of amides is 1. The minimum absolute atomic E-state index is 0.349. The van der Waals surface area contributed by atoms with Gasteiger partial charge in [0, 0.05) is 24.9 Å². The average Bonchev–Trinajstić information content (AvgIpc) is 3.02. The third-order valence-electron chi connectivity index (χ3n) is 3.80. The molecule has 1 amide bonds. The zero-order chi connectivity index (χ0) is 14.4. The Kier molecular flexibility index (Phi) is 6.30. The predicted molar refractivity (Wildman–Crippen MR) is 84.2 cm³/mol. The molecule has 1 aromatic heterocycles. The second kappa shape index (κ2) is 7.99. The Morgan fingerprint density at radius 2 is 2.35 bits per heavy atom. The van der Waals surface area contributed by atoms with Gasteiger partial charge < -0.3 is 4.90 Å². The van der Waals surface area contributed by atoms with Gasteiger partial charge in [0.05, 0.1) is 16.6 Å². The maximum absolute atomic E-state index is 11.9. The summed E-state index contributed by atoms with van der Waals surface area (Å²) in [6, 6.07) is 0. The lowest BCUT2D eigenvalue weighted by atomic mass is 10.0. The number of nitrogens with zero attached hydrogens (tertiary/aromatic N) is 2. The molecule has 0 saturated carbocycles. The molecule has 1 aliphatic heterocycles. The van der Waals surface area contributed by atoms with E-state index in [2.05, 4.69) is 11.9 Å². The summed E-state index contributed by atoms with van der Waals surface area (Å²) in [6.07, 6.45) is 6.29. The van der Waals surface area contributed by atoms with Crippen molar-refractivity contribution < 1.29 is 4.79 Å². The Labute approximate surface area is 130 Å². The van der Waals surface area contributed by atoms with Crippen molar-refractivity contribution in [2.45, 2.75) is 51.3 Å². The molecule has 1 unspecified atom stereocenters. The fourth-order valence-electron chi connectivity index (χ4n) is 2.78. The molecule has 1 aromatic rings. The molecule has 2 rings (SSSR count). The van der Waals surface area contributed by atoms with Crippen molar-refractivity contribution in [1.29, 1.82) is 0 Å². The van der Waals surface area contributed by atoms with E-state index in [1.165, 1.54) is 12.8 Å². The number of unbranched alkanes of at least 4 members (excludes halogenated alkanes) is 1. The molecule has 0 bridgehead atoms. The highest BCUT2D eigenvalue weighted by atomic mass is 35.5. The normalized spacial score (nSPS) is 19.0. The molecular weight excluding hydrogens is 292 g/mol. The standard InChI is InChI=1S/C15H23ClN2OS/c1-2-5-12-8-15(19)18(10-12)7-4-3-6-14-17-13(9-16)11-20-14/h11-12H,2-10H2,1H3. The first-order valence-electron chi connectivity index (χ1n) is 7.50. The molecule has 5 heteroatoms. The number of halogens is 1. The van der Waals surface area contributed by atoms with Crippen LogP contribution in [0.3, 0.4) is 0 Å². The molecular formula is C15H23ClN2OS. The van der Waals surface area contributed by atoms with Crippen LogP contribution in [0.5, 0.6) is 0 Å². The lowest BCUT2D eigenvalue weighted by Crippen LogP contribution is -2.26. The summed E-state index contributed by atoms with van der Waals surface area (Å²) in [5, 5.41) is 3.19. The van der Waals surface area contributed by atoms with E-state index in [1.54, 1.807) is 11.3 Å². The monoisotopic (exact) mass is 314 g/mol. The minimum Gasteiger partial charge on any atom is -0.342 e. The molecule has 0 radical (unpaired) electrons. The number of aryl methyl sites for hydroxylation is 1.